The van der Waals surface area contributed by atoms with Gasteiger partial charge in [-0.3, -0.25) is 0 Å². The first kappa shape index (κ1) is 15.7. The summed E-state index contributed by atoms with van der Waals surface area (Å²) in [6.45, 7) is 0.839. The molecule has 0 aliphatic rings. The third-order valence-electron chi connectivity index (χ3n) is 2.73. The van der Waals surface area contributed by atoms with Gasteiger partial charge in [0.25, 0.3) is 0 Å². The minimum atomic E-state index is -1.02. The van der Waals surface area contributed by atoms with Crippen LogP contribution in [0.15, 0.2) is 46.9 Å². The number of carbonyl (C=O) groups is 1. The van der Waals surface area contributed by atoms with E-state index in [-0.39, 0.29) is 5.56 Å². The number of anilines is 1. The zero-order chi connectivity index (χ0) is 15.2. The average molecular weight is 371 g/mol. The lowest BCUT2D eigenvalue weighted by atomic mass is 10.2. The number of benzene rings is 2. The number of rotatable bonds is 6. The van der Waals surface area contributed by atoms with Crippen LogP contribution >= 0.6 is 27.5 Å². The fourth-order valence-corrected chi connectivity index (χ4v) is 2.26. The van der Waals surface area contributed by atoms with Gasteiger partial charge in [0, 0.05) is 11.0 Å². The third-order valence-corrected chi connectivity index (χ3v) is 3.57. The quantitative estimate of drug-likeness (QED) is 0.745. The Morgan fingerprint density at radius 2 is 1.95 bits per heavy atom. The van der Waals surface area contributed by atoms with Gasteiger partial charge in [-0.05, 0) is 36.4 Å². The van der Waals surface area contributed by atoms with Crippen molar-refractivity contribution in [3.63, 3.8) is 0 Å². The molecule has 2 N–H and O–H groups in total. The van der Waals surface area contributed by atoms with Gasteiger partial charge in [0.1, 0.15) is 12.4 Å². The molecule has 110 valence electrons. The van der Waals surface area contributed by atoms with Gasteiger partial charge in [0.15, 0.2) is 0 Å². The van der Waals surface area contributed by atoms with Crippen molar-refractivity contribution in [2.45, 2.75) is 0 Å². The van der Waals surface area contributed by atoms with E-state index in [0.29, 0.717) is 23.9 Å². The number of aromatic carboxylic acids is 1. The summed E-state index contributed by atoms with van der Waals surface area (Å²) >= 11 is 9.36. The second-order valence-electron chi connectivity index (χ2n) is 4.20. The van der Waals surface area contributed by atoms with Gasteiger partial charge in [-0.25, -0.2) is 4.79 Å². The minimum absolute atomic E-state index is 0.145. The highest BCUT2D eigenvalue weighted by Gasteiger charge is 2.12. The number of halogens is 2. The SMILES string of the molecule is O=C(O)c1cccc(Cl)c1NCCOc1ccc(Br)cc1. The lowest BCUT2D eigenvalue weighted by Gasteiger charge is -2.12. The molecule has 2 aromatic rings. The maximum absolute atomic E-state index is 11.1. The van der Waals surface area contributed by atoms with Crippen LogP contribution in [-0.2, 0) is 0 Å². The zero-order valence-corrected chi connectivity index (χ0v) is 13.3. The smallest absolute Gasteiger partial charge is 0.337 e. The highest BCUT2D eigenvalue weighted by Crippen LogP contribution is 2.25. The van der Waals surface area contributed by atoms with E-state index >= 15 is 0 Å². The van der Waals surface area contributed by atoms with Crippen LogP contribution < -0.4 is 10.1 Å². The van der Waals surface area contributed by atoms with Crippen LogP contribution in [0, 0.1) is 0 Å². The van der Waals surface area contributed by atoms with E-state index in [1.54, 1.807) is 12.1 Å². The first-order valence-electron chi connectivity index (χ1n) is 6.22. The summed E-state index contributed by atoms with van der Waals surface area (Å²) < 4.78 is 6.53. The molecule has 0 saturated carbocycles. The van der Waals surface area contributed by atoms with Gasteiger partial charge >= 0.3 is 5.97 Å². The molecule has 0 atom stereocenters. The summed E-state index contributed by atoms with van der Waals surface area (Å²) in [4.78, 5) is 11.1. The maximum atomic E-state index is 11.1. The Bertz CT molecular complexity index is 631. The molecule has 21 heavy (non-hydrogen) atoms. The van der Waals surface area contributed by atoms with Crippen molar-refractivity contribution in [2.24, 2.45) is 0 Å². The van der Waals surface area contributed by atoms with E-state index in [4.69, 9.17) is 21.4 Å². The van der Waals surface area contributed by atoms with Gasteiger partial charge in [0.05, 0.1) is 16.3 Å². The Morgan fingerprint density at radius 1 is 1.24 bits per heavy atom. The summed E-state index contributed by atoms with van der Waals surface area (Å²) in [6, 6.07) is 12.2. The molecule has 6 heteroatoms. The second-order valence-corrected chi connectivity index (χ2v) is 5.52. The van der Waals surface area contributed by atoms with Crippen LogP contribution in [0.4, 0.5) is 5.69 Å². The molecule has 0 fully saturated rings. The number of hydrogen-bond acceptors (Lipinski definition) is 3. The van der Waals surface area contributed by atoms with Crippen molar-refractivity contribution < 1.29 is 14.6 Å². The Balaban J connectivity index is 1.92. The number of carboxylic acid groups (broad SMARTS) is 1. The number of carboxylic acids is 1. The summed E-state index contributed by atoms with van der Waals surface area (Å²) in [5.41, 5.74) is 0.553. The van der Waals surface area contributed by atoms with Crippen molar-refractivity contribution >= 4 is 39.2 Å². The first-order chi connectivity index (χ1) is 10.1. The van der Waals surface area contributed by atoms with Crippen molar-refractivity contribution in [1.29, 1.82) is 0 Å². The minimum Gasteiger partial charge on any atom is -0.492 e. The van der Waals surface area contributed by atoms with E-state index in [0.717, 1.165) is 10.2 Å². The van der Waals surface area contributed by atoms with Crippen LogP contribution in [0.25, 0.3) is 0 Å². The number of nitrogens with one attached hydrogen (secondary N) is 1. The molecule has 2 aromatic carbocycles. The predicted octanol–water partition coefficient (Wildman–Crippen LogP) is 4.29. The van der Waals surface area contributed by atoms with E-state index in [1.807, 2.05) is 24.3 Å². The molecule has 0 radical (unpaired) electrons. The van der Waals surface area contributed by atoms with Crippen molar-refractivity contribution in [3.8, 4) is 5.75 Å². The van der Waals surface area contributed by atoms with Crippen molar-refractivity contribution in [2.75, 3.05) is 18.5 Å². The third kappa shape index (κ3) is 4.37. The lowest BCUT2D eigenvalue weighted by Crippen LogP contribution is -2.14. The van der Waals surface area contributed by atoms with E-state index < -0.39 is 5.97 Å². The lowest BCUT2D eigenvalue weighted by molar-refractivity contribution is 0.0698. The molecule has 0 saturated heterocycles. The molecule has 0 heterocycles. The molecule has 0 aliphatic heterocycles. The van der Waals surface area contributed by atoms with Gasteiger partial charge < -0.3 is 15.2 Å². The standard InChI is InChI=1S/C15H13BrClNO3/c16-10-4-6-11(7-5-10)21-9-8-18-14-12(15(19)20)2-1-3-13(14)17/h1-7,18H,8-9H2,(H,19,20). The molecular weight excluding hydrogens is 358 g/mol. The fourth-order valence-electron chi connectivity index (χ4n) is 1.76. The molecule has 0 aliphatic carbocycles. The summed E-state index contributed by atoms with van der Waals surface area (Å²) in [5, 5.41) is 12.5. The molecule has 0 aromatic heterocycles. The number of para-hydroxylation sites is 1. The normalized spacial score (nSPS) is 10.2. The Hall–Kier alpha value is -1.72. The Labute approximate surface area is 135 Å². The monoisotopic (exact) mass is 369 g/mol. The molecule has 0 unspecified atom stereocenters. The van der Waals surface area contributed by atoms with Crippen LogP contribution in [0.2, 0.25) is 5.02 Å². The summed E-state index contributed by atoms with van der Waals surface area (Å²) in [7, 11) is 0. The molecule has 0 bridgehead atoms. The highest BCUT2D eigenvalue weighted by atomic mass is 79.9. The average Bonchev–Trinajstić information content (AvgIpc) is 2.46. The zero-order valence-electron chi connectivity index (χ0n) is 11.0. The maximum Gasteiger partial charge on any atom is 0.337 e. The molecule has 0 amide bonds. The van der Waals surface area contributed by atoms with Crippen LogP contribution in [-0.4, -0.2) is 24.2 Å². The molecule has 2 rings (SSSR count). The Morgan fingerprint density at radius 3 is 2.62 bits per heavy atom. The topological polar surface area (TPSA) is 58.6 Å². The van der Waals surface area contributed by atoms with Crippen LogP contribution in [0.1, 0.15) is 10.4 Å². The van der Waals surface area contributed by atoms with Gasteiger partial charge in [0.2, 0.25) is 0 Å². The van der Waals surface area contributed by atoms with Gasteiger partial charge in [-0.1, -0.05) is 33.6 Å². The summed E-state index contributed by atoms with van der Waals surface area (Å²) in [5.74, 6) is -0.272. The molecular formula is C15H13BrClNO3. The predicted molar refractivity (Wildman–Crippen MR) is 86.5 cm³/mol. The highest BCUT2D eigenvalue weighted by molar-refractivity contribution is 9.10. The Kier molecular flexibility index (Phi) is 5.47. The first-order valence-corrected chi connectivity index (χ1v) is 7.39. The van der Waals surface area contributed by atoms with E-state index in [1.165, 1.54) is 6.07 Å². The van der Waals surface area contributed by atoms with Crippen molar-refractivity contribution in [1.82, 2.24) is 0 Å². The second kappa shape index (κ2) is 7.33. The molecule has 0 spiro atoms. The van der Waals surface area contributed by atoms with Crippen molar-refractivity contribution in [3.05, 3.63) is 57.5 Å². The van der Waals surface area contributed by atoms with Crippen LogP contribution in [0.5, 0.6) is 5.75 Å². The fraction of sp³-hybridized carbons (Fsp3) is 0.133. The number of ether oxygens (including phenoxy) is 1. The van der Waals surface area contributed by atoms with Crippen LogP contribution in [0.3, 0.4) is 0 Å². The van der Waals surface area contributed by atoms with E-state index in [2.05, 4.69) is 21.2 Å². The van der Waals surface area contributed by atoms with Gasteiger partial charge in [-0.15, -0.1) is 0 Å². The number of hydrogen-bond donors (Lipinski definition) is 2. The summed E-state index contributed by atoms with van der Waals surface area (Å²) in [6.07, 6.45) is 0. The van der Waals surface area contributed by atoms with E-state index in [9.17, 15) is 4.79 Å². The molecule has 4 nitrogen and oxygen atoms in total. The van der Waals surface area contributed by atoms with Gasteiger partial charge in [-0.2, -0.15) is 0 Å². The largest absolute Gasteiger partial charge is 0.492 e.